The van der Waals surface area contributed by atoms with E-state index in [1.165, 1.54) is 0 Å². The summed E-state index contributed by atoms with van der Waals surface area (Å²) in [5.74, 6) is -0.563. The highest BCUT2D eigenvalue weighted by molar-refractivity contribution is 5.84. The lowest BCUT2D eigenvalue weighted by Gasteiger charge is -2.24. The highest BCUT2D eigenvalue weighted by Gasteiger charge is 2.33. The number of ether oxygens (including phenoxy) is 1. The molecule has 1 saturated heterocycles. The molecule has 4 N–H and O–H groups in total. The summed E-state index contributed by atoms with van der Waals surface area (Å²) >= 11 is 0. The van der Waals surface area contributed by atoms with Crippen molar-refractivity contribution >= 4 is 11.8 Å². The van der Waals surface area contributed by atoms with Crippen molar-refractivity contribution in [3.63, 3.8) is 0 Å². The molecule has 2 atom stereocenters. The van der Waals surface area contributed by atoms with Crippen molar-refractivity contribution in [2.75, 3.05) is 26.8 Å². The third-order valence-electron chi connectivity index (χ3n) is 3.01. The quantitative estimate of drug-likeness (QED) is 0.581. The fourth-order valence-electron chi connectivity index (χ4n) is 1.70. The largest absolute Gasteiger partial charge is 0.379 e. The van der Waals surface area contributed by atoms with Crippen LogP contribution in [0.1, 0.15) is 13.8 Å². The van der Waals surface area contributed by atoms with Gasteiger partial charge in [-0.15, -0.1) is 0 Å². The van der Waals surface area contributed by atoms with Gasteiger partial charge < -0.3 is 21.1 Å². The molecular weight excluding hydrogens is 222 g/mol. The summed E-state index contributed by atoms with van der Waals surface area (Å²) in [5, 5.41) is 5.32. The van der Waals surface area contributed by atoms with Crippen molar-refractivity contribution in [1.29, 1.82) is 0 Å². The molecule has 6 heteroatoms. The van der Waals surface area contributed by atoms with Crippen LogP contribution < -0.4 is 16.4 Å². The van der Waals surface area contributed by atoms with E-state index in [4.69, 9.17) is 10.5 Å². The molecule has 98 valence electrons. The lowest BCUT2D eigenvalue weighted by atomic mass is 9.92. The van der Waals surface area contributed by atoms with Crippen molar-refractivity contribution in [2.24, 2.45) is 17.1 Å². The van der Waals surface area contributed by atoms with E-state index in [1.54, 1.807) is 20.9 Å². The Morgan fingerprint density at radius 1 is 1.41 bits per heavy atom. The lowest BCUT2D eigenvalue weighted by Crippen LogP contribution is -2.47. The number of carbonyl (C=O) groups is 2. The Morgan fingerprint density at radius 3 is 2.53 bits per heavy atom. The molecule has 6 nitrogen and oxygen atoms in total. The first kappa shape index (κ1) is 13.9. The van der Waals surface area contributed by atoms with Crippen LogP contribution in [-0.2, 0) is 14.3 Å². The Hall–Kier alpha value is -1.14. The average molecular weight is 243 g/mol. The highest BCUT2D eigenvalue weighted by Crippen LogP contribution is 2.15. The molecular formula is C11H21N3O3. The first-order valence-electron chi connectivity index (χ1n) is 5.71. The van der Waals surface area contributed by atoms with Gasteiger partial charge in [0.25, 0.3) is 0 Å². The first-order valence-corrected chi connectivity index (χ1v) is 5.71. The maximum absolute atomic E-state index is 11.8. The molecule has 1 aliphatic heterocycles. The molecule has 0 bridgehead atoms. The van der Waals surface area contributed by atoms with Gasteiger partial charge in [-0.1, -0.05) is 0 Å². The lowest BCUT2D eigenvalue weighted by molar-refractivity contribution is -0.130. The van der Waals surface area contributed by atoms with Crippen LogP contribution in [0, 0.1) is 11.3 Å². The number of nitrogens with two attached hydrogens (primary N) is 1. The summed E-state index contributed by atoms with van der Waals surface area (Å²) in [5.41, 5.74) is 5.11. The molecule has 0 aromatic heterocycles. The molecule has 1 aliphatic rings. The average Bonchev–Trinajstić information content (AvgIpc) is 2.71. The van der Waals surface area contributed by atoms with Gasteiger partial charge in [-0.3, -0.25) is 9.59 Å². The van der Waals surface area contributed by atoms with Gasteiger partial charge in [-0.25, -0.2) is 0 Å². The van der Waals surface area contributed by atoms with Crippen LogP contribution in [0.2, 0.25) is 0 Å². The van der Waals surface area contributed by atoms with Crippen LogP contribution in [-0.4, -0.2) is 44.7 Å². The van der Waals surface area contributed by atoms with Crippen molar-refractivity contribution in [1.82, 2.24) is 10.6 Å². The zero-order valence-electron chi connectivity index (χ0n) is 10.6. The van der Waals surface area contributed by atoms with Crippen LogP contribution in [0.25, 0.3) is 0 Å². The van der Waals surface area contributed by atoms with Crippen LogP contribution >= 0.6 is 0 Å². The van der Waals surface area contributed by atoms with Crippen LogP contribution in [0.3, 0.4) is 0 Å². The van der Waals surface area contributed by atoms with Gasteiger partial charge in [0, 0.05) is 19.6 Å². The number of amides is 2. The topological polar surface area (TPSA) is 93.5 Å². The maximum Gasteiger partial charge on any atom is 0.227 e. The standard InChI is InChI=1S/C11H21N3O3/c1-11(2,10(16)13-3)6-14-9(15)7-4-17-5-8(7)12/h7-8H,4-6,12H2,1-3H3,(H,13,16)(H,14,15). The van der Waals surface area contributed by atoms with E-state index >= 15 is 0 Å². The second-order valence-electron chi connectivity index (χ2n) is 4.99. The zero-order valence-corrected chi connectivity index (χ0v) is 10.6. The Balaban J connectivity index is 2.45. The fraction of sp³-hybridized carbons (Fsp3) is 0.818. The first-order chi connectivity index (χ1) is 7.88. The van der Waals surface area contributed by atoms with Crippen molar-refractivity contribution in [2.45, 2.75) is 19.9 Å². The Bertz CT molecular complexity index is 304. The minimum atomic E-state index is -0.631. The molecule has 1 heterocycles. The Kier molecular flexibility index (Phi) is 4.47. The number of nitrogens with one attached hydrogen (secondary N) is 2. The molecule has 0 spiro atoms. The molecule has 17 heavy (non-hydrogen) atoms. The van der Waals surface area contributed by atoms with Gasteiger partial charge in [-0.2, -0.15) is 0 Å². The summed E-state index contributed by atoms with van der Waals surface area (Å²) in [6, 6.07) is -0.252. The second kappa shape index (κ2) is 5.46. The summed E-state index contributed by atoms with van der Waals surface area (Å²) in [4.78, 5) is 23.3. The summed E-state index contributed by atoms with van der Waals surface area (Å²) < 4.78 is 5.13. The predicted molar refractivity (Wildman–Crippen MR) is 63.1 cm³/mol. The van der Waals surface area contributed by atoms with Crippen molar-refractivity contribution in [3.8, 4) is 0 Å². The molecule has 0 aliphatic carbocycles. The van der Waals surface area contributed by atoms with E-state index in [0.717, 1.165) is 0 Å². The summed E-state index contributed by atoms with van der Waals surface area (Å²) in [6.45, 7) is 4.60. The summed E-state index contributed by atoms with van der Waals surface area (Å²) in [7, 11) is 1.58. The van der Waals surface area contributed by atoms with Gasteiger partial charge in [0.05, 0.1) is 24.5 Å². The molecule has 2 amide bonds. The smallest absolute Gasteiger partial charge is 0.227 e. The molecule has 0 saturated carbocycles. The molecule has 1 fully saturated rings. The molecule has 1 rings (SSSR count). The minimum Gasteiger partial charge on any atom is -0.379 e. The van der Waals surface area contributed by atoms with Gasteiger partial charge in [0.2, 0.25) is 11.8 Å². The van der Waals surface area contributed by atoms with E-state index < -0.39 is 5.41 Å². The van der Waals surface area contributed by atoms with Gasteiger partial charge in [0.15, 0.2) is 0 Å². The SMILES string of the molecule is CNC(=O)C(C)(C)CNC(=O)C1COCC1N. The number of hydrogen-bond acceptors (Lipinski definition) is 4. The molecule has 0 aromatic carbocycles. The molecule has 0 radical (unpaired) electrons. The fourth-order valence-corrected chi connectivity index (χ4v) is 1.70. The predicted octanol–water partition coefficient (Wildman–Crippen LogP) is -1.15. The number of carbonyl (C=O) groups excluding carboxylic acids is 2. The zero-order chi connectivity index (χ0) is 13.1. The van der Waals surface area contributed by atoms with Gasteiger partial charge in [0.1, 0.15) is 0 Å². The van der Waals surface area contributed by atoms with E-state index in [-0.39, 0.29) is 30.3 Å². The Morgan fingerprint density at radius 2 is 2.06 bits per heavy atom. The van der Waals surface area contributed by atoms with Crippen LogP contribution in [0.15, 0.2) is 0 Å². The number of rotatable bonds is 4. The third-order valence-corrected chi connectivity index (χ3v) is 3.01. The van der Waals surface area contributed by atoms with E-state index in [0.29, 0.717) is 13.2 Å². The second-order valence-corrected chi connectivity index (χ2v) is 4.99. The van der Waals surface area contributed by atoms with E-state index in [1.807, 2.05) is 0 Å². The van der Waals surface area contributed by atoms with Crippen molar-refractivity contribution < 1.29 is 14.3 Å². The molecule has 0 aromatic rings. The van der Waals surface area contributed by atoms with Gasteiger partial charge in [-0.05, 0) is 13.8 Å². The van der Waals surface area contributed by atoms with Gasteiger partial charge >= 0.3 is 0 Å². The van der Waals surface area contributed by atoms with Crippen molar-refractivity contribution in [3.05, 3.63) is 0 Å². The van der Waals surface area contributed by atoms with E-state index in [2.05, 4.69) is 10.6 Å². The highest BCUT2D eigenvalue weighted by atomic mass is 16.5. The van der Waals surface area contributed by atoms with E-state index in [9.17, 15) is 9.59 Å². The maximum atomic E-state index is 11.8. The molecule has 2 unspecified atom stereocenters. The Labute approximate surface area is 101 Å². The monoisotopic (exact) mass is 243 g/mol. The normalized spacial score (nSPS) is 24.5. The summed E-state index contributed by atoms with van der Waals surface area (Å²) in [6.07, 6.45) is 0. The van der Waals surface area contributed by atoms with Crippen LogP contribution in [0.4, 0.5) is 0 Å². The third kappa shape index (κ3) is 3.41. The number of hydrogen-bond donors (Lipinski definition) is 3. The van der Waals surface area contributed by atoms with Crippen LogP contribution in [0.5, 0.6) is 0 Å². The minimum absolute atomic E-state index is 0.107.